The van der Waals surface area contributed by atoms with Crippen LogP contribution in [0.2, 0.25) is 5.28 Å². The first-order valence-electron chi connectivity index (χ1n) is 8.11. The molecule has 1 N–H and O–H groups in total. The van der Waals surface area contributed by atoms with Crippen LogP contribution in [0.3, 0.4) is 0 Å². The Morgan fingerprint density at radius 1 is 1.20 bits per heavy atom. The first-order chi connectivity index (χ1) is 12.1. The quantitative estimate of drug-likeness (QED) is 0.693. The Labute approximate surface area is 153 Å². The molecule has 3 aromatic rings. The molecule has 1 aliphatic rings. The number of hydrogen-bond acceptors (Lipinski definition) is 5. The van der Waals surface area contributed by atoms with Gasteiger partial charge >= 0.3 is 5.97 Å². The van der Waals surface area contributed by atoms with E-state index in [9.17, 15) is 9.90 Å². The SMILES string of the molecule is O=C(O)C1CCN(c2nc(Cl)nc3scc(-c4ccccc4)c23)CC1. The van der Waals surface area contributed by atoms with Crippen LogP contribution in [0, 0.1) is 5.92 Å². The van der Waals surface area contributed by atoms with Crippen molar-refractivity contribution in [2.75, 3.05) is 18.0 Å². The molecule has 0 saturated carbocycles. The molecule has 2 aromatic heterocycles. The van der Waals surface area contributed by atoms with E-state index in [2.05, 4.69) is 32.4 Å². The zero-order valence-corrected chi connectivity index (χ0v) is 14.9. The molecule has 0 spiro atoms. The molecule has 0 unspecified atom stereocenters. The van der Waals surface area contributed by atoms with Crippen LogP contribution >= 0.6 is 22.9 Å². The first kappa shape index (κ1) is 16.3. The van der Waals surface area contributed by atoms with Gasteiger partial charge in [-0.1, -0.05) is 30.3 Å². The lowest BCUT2D eigenvalue weighted by molar-refractivity contribution is -0.142. The summed E-state index contributed by atoms with van der Waals surface area (Å²) >= 11 is 7.69. The maximum absolute atomic E-state index is 11.2. The topological polar surface area (TPSA) is 66.3 Å². The fourth-order valence-corrected chi connectivity index (χ4v) is 4.45. The van der Waals surface area contributed by atoms with Crippen molar-refractivity contribution in [3.63, 3.8) is 0 Å². The number of fused-ring (bicyclic) bond motifs is 1. The minimum atomic E-state index is -0.717. The Balaban J connectivity index is 1.78. The zero-order valence-electron chi connectivity index (χ0n) is 13.4. The van der Waals surface area contributed by atoms with Crippen LogP contribution in [-0.4, -0.2) is 34.1 Å². The van der Waals surface area contributed by atoms with E-state index in [4.69, 9.17) is 11.6 Å². The van der Waals surface area contributed by atoms with Gasteiger partial charge in [-0.15, -0.1) is 11.3 Å². The summed E-state index contributed by atoms with van der Waals surface area (Å²) in [7, 11) is 0. The van der Waals surface area contributed by atoms with Crippen molar-refractivity contribution in [1.29, 1.82) is 0 Å². The number of anilines is 1. The highest BCUT2D eigenvalue weighted by Crippen LogP contribution is 2.39. The Bertz CT molecular complexity index is 921. The summed E-state index contributed by atoms with van der Waals surface area (Å²) in [5, 5.41) is 12.5. The molecule has 1 fully saturated rings. The lowest BCUT2D eigenvalue weighted by Gasteiger charge is -2.31. The van der Waals surface area contributed by atoms with Crippen molar-refractivity contribution in [2.24, 2.45) is 5.92 Å². The summed E-state index contributed by atoms with van der Waals surface area (Å²) in [5.74, 6) is -0.190. The molecule has 1 aliphatic heterocycles. The largest absolute Gasteiger partial charge is 0.481 e. The Morgan fingerprint density at radius 2 is 1.92 bits per heavy atom. The van der Waals surface area contributed by atoms with Gasteiger partial charge in [-0.3, -0.25) is 4.79 Å². The number of carbonyl (C=O) groups is 1. The van der Waals surface area contributed by atoms with Crippen molar-refractivity contribution in [1.82, 2.24) is 9.97 Å². The van der Waals surface area contributed by atoms with Gasteiger partial charge in [0.25, 0.3) is 0 Å². The van der Waals surface area contributed by atoms with Gasteiger partial charge in [0.05, 0.1) is 11.3 Å². The number of benzene rings is 1. The van der Waals surface area contributed by atoms with Crippen LogP contribution in [-0.2, 0) is 4.79 Å². The molecular formula is C18H16ClN3O2S. The van der Waals surface area contributed by atoms with Gasteiger partial charge in [0.2, 0.25) is 5.28 Å². The smallest absolute Gasteiger partial charge is 0.306 e. The molecule has 0 radical (unpaired) electrons. The second-order valence-corrected chi connectivity index (χ2v) is 7.31. The average Bonchev–Trinajstić information content (AvgIpc) is 3.05. The number of aromatic nitrogens is 2. The molecule has 25 heavy (non-hydrogen) atoms. The molecule has 3 heterocycles. The third kappa shape index (κ3) is 3.07. The summed E-state index contributed by atoms with van der Waals surface area (Å²) in [4.78, 5) is 23.1. The second kappa shape index (κ2) is 6.61. The van der Waals surface area contributed by atoms with E-state index in [-0.39, 0.29) is 11.2 Å². The maximum Gasteiger partial charge on any atom is 0.306 e. The fraction of sp³-hybridized carbons (Fsp3) is 0.278. The summed E-state index contributed by atoms with van der Waals surface area (Å²) < 4.78 is 0. The zero-order chi connectivity index (χ0) is 17.4. The van der Waals surface area contributed by atoms with Gasteiger partial charge in [0, 0.05) is 24.0 Å². The van der Waals surface area contributed by atoms with Gasteiger partial charge in [-0.25, -0.2) is 4.98 Å². The predicted molar refractivity (Wildman–Crippen MR) is 100 cm³/mol. The Kier molecular flexibility index (Phi) is 4.31. The molecule has 0 bridgehead atoms. The Hall–Kier alpha value is -2.18. The Morgan fingerprint density at radius 3 is 2.60 bits per heavy atom. The number of piperidine rings is 1. The predicted octanol–water partition coefficient (Wildman–Crippen LogP) is 4.31. The molecular weight excluding hydrogens is 358 g/mol. The van der Waals surface area contributed by atoms with E-state index in [0.29, 0.717) is 25.9 Å². The van der Waals surface area contributed by atoms with Crippen LogP contribution < -0.4 is 4.90 Å². The average molecular weight is 374 g/mol. The standard InChI is InChI=1S/C18H16ClN3O2S/c19-18-20-15(22-8-6-12(7-9-22)17(23)24)14-13(10-25-16(14)21-18)11-4-2-1-3-5-11/h1-5,10,12H,6-9H2,(H,23,24). The second-order valence-electron chi connectivity index (χ2n) is 6.11. The molecule has 0 atom stereocenters. The summed E-state index contributed by atoms with van der Waals surface area (Å²) in [6.45, 7) is 1.31. The number of thiophene rings is 1. The highest BCUT2D eigenvalue weighted by molar-refractivity contribution is 7.17. The van der Waals surface area contributed by atoms with Gasteiger partial charge in [-0.2, -0.15) is 4.98 Å². The molecule has 7 heteroatoms. The van der Waals surface area contributed by atoms with Gasteiger partial charge < -0.3 is 10.0 Å². The fourth-order valence-electron chi connectivity index (χ4n) is 3.30. The monoisotopic (exact) mass is 373 g/mol. The van der Waals surface area contributed by atoms with Crippen molar-refractivity contribution in [3.8, 4) is 11.1 Å². The lowest BCUT2D eigenvalue weighted by atomic mass is 9.96. The minimum absolute atomic E-state index is 0.226. The van der Waals surface area contributed by atoms with Crippen molar-refractivity contribution < 1.29 is 9.90 Å². The third-order valence-corrected chi connectivity index (χ3v) is 5.66. The molecule has 1 saturated heterocycles. The van der Waals surface area contributed by atoms with Crippen molar-refractivity contribution in [3.05, 3.63) is 41.0 Å². The number of carboxylic acid groups (broad SMARTS) is 1. The molecule has 5 nitrogen and oxygen atoms in total. The third-order valence-electron chi connectivity index (χ3n) is 4.62. The molecule has 0 amide bonds. The van der Waals surface area contributed by atoms with Crippen LogP contribution in [0.15, 0.2) is 35.7 Å². The number of carboxylic acids is 1. The first-order valence-corrected chi connectivity index (χ1v) is 9.37. The summed E-state index contributed by atoms with van der Waals surface area (Å²) in [5.41, 5.74) is 2.20. The van der Waals surface area contributed by atoms with Crippen molar-refractivity contribution >= 4 is 44.9 Å². The van der Waals surface area contributed by atoms with Gasteiger partial charge in [-0.05, 0) is 30.0 Å². The normalized spacial score (nSPS) is 15.6. The van der Waals surface area contributed by atoms with Gasteiger partial charge in [0.15, 0.2) is 0 Å². The van der Waals surface area contributed by atoms with E-state index in [1.54, 1.807) is 11.3 Å². The van der Waals surface area contributed by atoms with Crippen LogP contribution in [0.25, 0.3) is 21.3 Å². The van der Waals surface area contributed by atoms with E-state index < -0.39 is 5.97 Å². The number of nitrogens with zero attached hydrogens (tertiary/aromatic N) is 3. The molecule has 4 rings (SSSR count). The van der Waals surface area contributed by atoms with E-state index >= 15 is 0 Å². The van der Waals surface area contributed by atoms with Crippen LogP contribution in [0.4, 0.5) is 5.82 Å². The lowest BCUT2D eigenvalue weighted by Crippen LogP contribution is -2.37. The minimum Gasteiger partial charge on any atom is -0.481 e. The molecule has 1 aromatic carbocycles. The number of aliphatic carboxylic acids is 1. The van der Waals surface area contributed by atoms with E-state index in [0.717, 1.165) is 27.2 Å². The highest BCUT2D eigenvalue weighted by atomic mass is 35.5. The summed E-state index contributed by atoms with van der Waals surface area (Å²) in [6.07, 6.45) is 1.23. The van der Waals surface area contributed by atoms with Crippen molar-refractivity contribution in [2.45, 2.75) is 12.8 Å². The van der Waals surface area contributed by atoms with Crippen LogP contribution in [0.1, 0.15) is 12.8 Å². The van der Waals surface area contributed by atoms with Crippen LogP contribution in [0.5, 0.6) is 0 Å². The summed E-state index contributed by atoms with van der Waals surface area (Å²) in [6, 6.07) is 10.1. The number of halogens is 1. The number of rotatable bonds is 3. The molecule has 128 valence electrons. The van der Waals surface area contributed by atoms with Gasteiger partial charge in [0.1, 0.15) is 10.6 Å². The number of hydrogen-bond donors (Lipinski definition) is 1. The van der Waals surface area contributed by atoms with E-state index in [1.165, 1.54) is 0 Å². The van der Waals surface area contributed by atoms with E-state index in [1.807, 2.05) is 18.2 Å². The maximum atomic E-state index is 11.2. The highest BCUT2D eigenvalue weighted by Gasteiger charge is 2.27. The molecule has 0 aliphatic carbocycles.